The van der Waals surface area contributed by atoms with E-state index in [0.29, 0.717) is 10.4 Å². The summed E-state index contributed by atoms with van der Waals surface area (Å²) < 4.78 is 4.67. The van der Waals surface area contributed by atoms with Crippen molar-refractivity contribution in [3.63, 3.8) is 0 Å². The maximum Gasteiger partial charge on any atom is 0.337 e. The second-order valence-electron chi connectivity index (χ2n) is 5.20. The first-order chi connectivity index (χ1) is 12.2. The van der Waals surface area contributed by atoms with E-state index in [-0.39, 0.29) is 11.9 Å². The molecule has 3 rings (SSSR count). The Morgan fingerprint density at radius 3 is 2.04 bits per heavy atom. The lowest BCUT2D eigenvalue weighted by molar-refractivity contribution is 0.0600. The van der Waals surface area contributed by atoms with Crippen LogP contribution in [0, 0.1) is 0 Å². The number of methoxy groups -OCH3 is 1. The standard InChI is InChI=1S/C19H16N2O3S/c1-24-19(23)13-4-6-14(7-5-13)20-15-8-10-16(11-9-15)21-18(22)17-3-2-12-25-17/h2-12,20H,1H3,(H,21,22). The lowest BCUT2D eigenvalue weighted by atomic mass is 10.2. The number of anilines is 3. The molecule has 0 fully saturated rings. The van der Waals surface area contributed by atoms with Gasteiger partial charge in [-0.1, -0.05) is 6.07 Å². The van der Waals surface area contributed by atoms with Crippen LogP contribution in [0.3, 0.4) is 0 Å². The summed E-state index contributed by atoms with van der Waals surface area (Å²) in [5.74, 6) is -0.480. The number of rotatable bonds is 5. The van der Waals surface area contributed by atoms with E-state index in [1.165, 1.54) is 18.4 Å². The Kier molecular flexibility index (Phi) is 5.11. The first kappa shape index (κ1) is 16.7. The van der Waals surface area contributed by atoms with E-state index in [9.17, 15) is 9.59 Å². The number of amides is 1. The molecule has 6 heteroatoms. The average Bonchev–Trinajstić information content (AvgIpc) is 3.18. The fourth-order valence-corrected chi connectivity index (χ4v) is 2.83. The van der Waals surface area contributed by atoms with Crippen LogP contribution in [0.15, 0.2) is 66.0 Å². The average molecular weight is 352 g/mol. The maximum absolute atomic E-state index is 12.0. The highest BCUT2D eigenvalue weighted by molar-refractivity contribution is 7.12. The first-order valence-electron chi connectivity index (χ1n) is 7.56. The van der Waals surface area contributed by atoms with Crippen molar-refractivity contribution in [1.82, 2.24) is 0 Å². The van der Waals surface area contributed by atoms with Crippen LogP contribution in [0.25, 0.3) is 0 Å². The Hall–Kier alpha value is -3.12. The largest absolute Gasteiger partial charge is 0.465 e. The molecule has 3 aromatic rings. The lowest BCUT2D eigenvalue weighted by Crippen LogP contribution is -2.09. The monoisotopic (exact) mass is 352 g/mol. The Labute approximate surface area is 149 Å². The van der Waals surface area contributed by atoms with E-state index >= 15 is 0 Å². The molecule has 0 saturated carbocycles. The predicted molar refractivity (Wildman–Crippen MR) is 99.8 cm³/mol. The maximum atomic E-state index is 12.0. The van der Waals surface area contributed by atoms with Gasteiger partial charge in [0.25, 0.3) is 5.91 Å². The molecule has 0 bridgehead atoms. The van der Waals surface area contributed by atoms with Crippen LogP contribution in [0.4, 0.5) is 17.1 Å². The second-order valence-corrected chi connectivity index (χ2v) is 6.15. The molecule has 0 unspecified atom stereocenters. The van der Waals surface area contributed by atoms with Crippen molar-refractivity contribution in [2.75, 3.05) is 17.7 Å². The minimum absolute atomic E-state index is 0.117. The second kappa shape index (κ2) is 7.63. The minimum atomic E-state index is -0.364. The zero-order valence-electron chi connectivity index (χ0n) is 13.5. The van der Waals surface area contributed by atoms with Crippen LogP contribution in [0.5, 0.6) is 0 Å². The van der Waals surface area contributed by atoms with Gasteiger partial charge in [0.15, 0.2) is 0 Å². The zero-order chi connectivity index (χ0) is 17.6. The third kappa shape index (κ3) is 4.24. The quantitative estimate of drug-likeness (QED) is 0.662. The van der Waals surface area contributed by atoms with Crippen LogP contribution >= 0.6 is 11.3 Å². The summed E-state index contributed by atoms with van der Waals surface area (Å²) in [4.78, 5) is 24.1. The van der Waals surface area contributed by atoms with Gasteiger partial charge in [-0.2, -0.15) is 0 Å². The molecule has 1 aromatic heterocycles. The van der Waals surface area contributed by atoms with Gasteiger partial charge in [0.1, 0.15) is 0 Å². The van der Waals surface area contributed by atoms with E-state index in [1.807, 2.05) is 35.7 Å². The fraction of sp³-hybridized carbons (Fsp3) is 0.0526. The van der Waals surface area contributed by atoms with E-state index in [0.717, 1.165) is 17.1 Å². The summed E-state index contributed by atoms with van der Waals surface area (Å²) in [6, 6.07) is 18.0. The van der Waals surface area contributed by atoms with Crippen molar-refractivity contribution in [3.05, 3.63) is 76.5 Å². The summed E-state index contributed by atoms with van der Waals surface area (Å²) in [5.41, 5.74) is 2.95. The number of carbonyl (C=O) groups excluding carboxylic acids is 2. The Balaban J connectivity index is 1.62. The van der Waals surface area contributed by atoms with Gasteiger partial charge in [-0.05, 0) is 60.0 Å². The Bertz CT molecular complexity index is 857. The highest BCUT2D eigenvalue weighted by Crippen LogP contribution is 2.20. The number of benzene rings is 2. The van der Waals surface area contributed by atoms with Gasteiger partial charge in [-0.15, -0.1) is 11.3 Å². The molecule has 2 aromatic carbocycles. The van der Waals surface area contributed by atoms with Gasteiger partial charge in [0.2, 0.25) is 0 Å². The highest BCUT2D eigenvalue weighted by Gasteiger charge is 2.07. The minimum Gasteiger partial charge on any atom is -0.465 e. The molecule has 0 atom stereocenters. The van der Waals surface area contributed by atoms with Crippen LogP contribution in [-0.4, -0.2) is 19.0 Å². The zero-order valence-corrected chi connectivity index (χ0v) is 14.3. The lowest BCUT2D eigenvalue weighted by Gasteiger charge is -2.09. The van der Waals surface area contributed by atoms with Gasteiger partial charge in [-0.25, -0.2) is 4.79 Å². The predicted octanol–water partition coefficient (Wildman–Crippen LogP) is 4.53. The van der Waals surface area contributed by atoms with Crippen molar-refractivity contribution < 1.29 is 14.3 Å². The number of hydrogen-bond acceptors (Lipinski definition) is 5. The molecule has 2 N–H and O–H groups in total. The molecular formula is C19H16N2O3S. The number of esters is 1. The molecular weight excluding hydrogens is 336 g/mol. The van der Waals surface area contributed by atoms with Gasteiger partial charge < -0.3 is 15.4 Å². The Morgan fingerprint density at radius 1 is 0.880 bits per heavy atom. The fourth-order valence-electron chi connectivity index (χ4n) is 2.21. The van der Waals surface area contributed by atoms with Crippen LogP contribution < -0.4 is 10.6 Å². The van der Waals surface area contributed by atoms with Gasteiger partial charge in [0.05, 0.1) is 17.6 Å². The molecule has 5 nitrogen and oxygen atoms in total. The van der Waals surface area contributed by atoms with Crippen LogP contribution in [0.2, 0.25) is 0 Å². The normalized spacial score (nSPS) is 10.1. The molecule has 25 heavy (non-hydrogen) atoms. The number of hydrogen-bond donors (Lipinski definition) is 2. The summed E-state index contributed by atoms with van der Waals surface area (Å²) in [6.45, 7) is 0. The van der Waals surface area contributed by atoms with Crippen molar-refractivity contribution in [1.29, 1.82) is 0 Å². The van der Waals surface area contributed by atoms with E-state index < -0.39 is 0 Å². The van der Waals surface area contributed by atoms with Crippen molar-refractivity contribution in [2.24, 2.45) is 0 Å². The Morgan fingerprint density at radius 2 is 1.48 bits per heavy atom. The van der Waals surface area contributed by atoms with Crippen LogP contribution in [-0.2, 0) is 4.74 Å². The molecule has 1 heterocycles. The molecule has 0 radical (unpaired) electrons. The van der Waals surface area contributed by atoms with Crippen molar-refractivity contribution in [2.45, 2.75) is 0 Å². The molecule has 126 valence electrons. The summed E-state index contributed by atoms with van der Waals surface area (Å²) in [5, 5.41) is 7.96. The first-order valence-corrected chi connectivity index (χ1v) is 8.44. The third-order valence-electron chi connectivity index (χ3n) is 3.48. The van der Waals surface area contributed by atoms with Crippen LogP contribution in [0.1, 0.15) is 20.0 Å². The van der Waals surface area contributed by atoms with E-state index in [2.05, 4.69) is 15.4 Å². The molecule has 0 saturated heterocycles. The smallest absolute Gasteiger partial charge is 0.337 e. The van der Waals surface area contributed by atoms with Gasteiger partial charge in [0, 0.05) is 17.1 Å². The summed E-state index contributed by atoms with van der Waals surface area (Å²) in [6.07, 6.45) is 0. The topological polar surface area (TPSA) is 67.4 Å². The highest BCUT2D eigenvalue weighted by atomic mass is 32.1. The third-order valence-corrected chi connectivity index (χ3v) is 4.35. The summed E-state index contributed by atoms with van der Waals surface area (Å²) in [7, 11) is 1.35. The van der Waals surface area contributed by atoms with Gasteiger partial charge >= 0.3 is 5.97 Å². The van der Waals surface area contributed by atoms with E-state index in [1.54, 1.807) is 30.3 Å². The molecule has 0 spiro atoms. The number of ether oxygens (including phenoxy) is 1. The number of carbonyl (C=O) groups is 2. The molecule has 0 aliphatic carbocycles. The molecule has 0 aliphatic rings. The van der Waals surface area contributed by atoms with Crippen molar-refractivity contribution >= 4 is 40.3 Å². The van der Waals surface area contributed by atoms with E-state index in [4.69, 9.17) is 0 Å². The number of nitrogens with one attached hydrogen (secondary N) is 2. The van der Waals surface area contributed by atoms with Crippen molar-refractivity contribution in [3.8, 4) is 0 Å². The molecule has 0 aliphatic heterocycles. The SMILES string of the molecule is COC(=O)c1ccc(Nc2ccc(NC(=O)c3cccs3)cc2)cc1. The number of thiophene rings is 1. The van der Waals surface area contributed by atoms with Gasteiger partial charge in [-0.3, -0.25) is 4.79 Å². The molecule has 1 amide bonds. The summed E-state index contributed by atoms with van der Waals surface area (Å²) >= 11 is 1.40.